The Balaban J connectivity index is 0. The second kappa shape index (κ2) is 12.1. The highest BCUT2D eigenvalue weighted by Crippen LogP contribution is 1.98. The molecule has 0 rings (SSSR count). The average molecular weight is 275 g/mol. The lowest BCUT2D eigenvalue weighted by Crippen LogP contribution is -2.27. The SMILES string of the molecule is CCCC(=O)NCCOCCOCCC(=O)C(C)C.[HH]. The first-order valence-electron chi connectivity index (χ1n) is 7.02. The number of rotatable bonds is 12. The van der Waals surface area contributed by atoms with E-state index in [0.717, 1.165) is 6.42 Å². The average Bonchev–Trinajstić information content (AvgIpc) is 2.36. The number of amides is 1. The van der Waals surface area contributed by atoms with E-state index < -0.39 is 0 Å². The molecule has 0 heterocycles. The third-order valence-electron chi connectivity index (χ3n) is 2.55. The number of ether oxygens (including phenoxy) is 2. The van der Waals surface area contributed by atoms with Gasteiger partial charge in [-0.3, -0.25) is 9.59 Å². The summed E-state index contributed by atoms with van der Waals surface area (Å²) in [6.07, 6.45) is 1.88. The van der Waals surface area contributed by atoms with E-state index in [0.29, 0.717) is 45.8 Å². The zero-order valence-electron chi connectivity index (χ0n) is 12.4. The zero-order valence-corrected chi connectivity index (χ0v) is 12.4. The van der Waals surface area contributed by atoms with E-state index in [-0.39, 0.29) is 19.0 Å². The zero-order chi connectivity index (χ0) is 14.5. The number of hydrogen-bond donors (Lipinski definition) is 1. The van der Waals surface area contributed by atoms with Crippen LogP contribution in [0.4, 0.5) is 0 Å². The molecule has 0 radical (unpaired) electrons. The first kappa shape index (κ1) is 18.1. The summed E-state index contributed by atoms with van der Waals surface area (Å²) >= 11 is 0. The van der Waals surface area contributed by atoms with Gasteiger partial charge in [-0.1, -0.05) is 20.8 Å². The minimum Gasteiger partial charge on any atom is -0.379 e. The first-order valence-corrected chi connectivity index (χ1v) is 7.02. The lowest BCUT2D eigenvalue weighted by atomic mass is 10.1. The third-order valence-corrected chi connectivity index (χ3v) is 2.55. The first-order chi connectivity index (χ1) is 9.07. The van der Waals surface area contributed by atoms with Crippen molar-refractivity contribution < 1.29 is 20.5 Å². The lowest BCUT2D eigenvalue weighted by molar-refractivity contribution is -0.123. The molecule has 0 saturated carbocycles. The molecular weight excluding hydrogens is 246 g/mol. The Kier molecular flexibility index (Phi) is 11.5. The van der Waals surface area contributed by atoms with E-state index in [1.165, 1.54) is 0 Å². The minimum absolute atomic E-state index is 0. The van der Waals surface area contributed by atoms with E-state index in [1.54, 1.807) is 0 Å². The molecule has 0 saturated heterocycles. The van der Waals surface area contributed by atoms with E-state index >= 15 is 0 Å². The molecule has 1 N–H and O–H groups in total. The van der Waals surface area contributed by atoms with Gasteiger partial charge >= 0.3 is 0 Å². The quantitative estimate of drug-likeness (QED) is 0.552. The number of nitrogens with one attached hydrogen (secondary N) is 1. The van der Waals surface area contributed by atoms with Gasteiger partial charge < -0.3 is 14.8 Å². The van der Waals surface area contributed by atoms with Crippen LogP contribution in [-0.4, -0.2) is 44.7 Å². The smallest absolute Gasteiger partial charge is 0.220 e. The molecule has 19 heavy (non-hydrogen) atoms. The van der Waals surface area contributed by atoms with Gasteiger partial charge in [-0.05, 0) is 6.42 Å². The molecule has 5 heteroatoms. The predicted molar refractivity (Wildman–Crippen MR) is 76.1 cm³/mol. The molecular formula is C14H29NO4. The minimum atomic E-state index is 0. The van der Waals surface area contributed by atoms with Gasteiger partial charge in [0.05, 0.1) is 26.4 Å². The van der Waals surface area contributed by atoms with Crippen molar-refractivity contribution >= 4 is 11.7 Å². The Morgan fingerprint density at radius 2 is 1.68 bits per heavy atom. The van der Waals surface area contributed by atoms with E-state index in [9.17, 15) is 9.59 Å². The summed E-state index contributed by atoms with van der Waals surface area (Å²) in [4.78, 5) is 22.4. The summed E-state index contributed by atoms with van der Waals surface area (Å²) in [6, 6.07) is 0. The van der Waals surface area contributed by atoms with Crippen LogP contribution in [0.15, 0.2) is 0 Å². The summed E-state index contributed by atoms with van der Waals surface area (Å²) < 4.78 is 10.6. The Bertz CT molecular complexity index is 260. The fourth-order valence-corrected chi connectivity index (χ4v) is 1.36. The molecule has 5 nitrogen and oxygen atoms in total. The Labute approximate surface area is 117 Å². The maximum atomic E-state index is 11.3. The summed E-state index contributed by atoms with van der Waals surface area (Å²) in [5.41, 5.74) is 0. The molecule has 114 valence electrons. The van der Waals surface area contributed by atoms with Crippen LogP contribution in [0.2, 0.25) is 0 Å². The molecule has 1 amide bonds. The van der Waals surface area contributed by atoms with Gasteiger partial charge in [0.15, 0.2) is 0 Å². The van der Waals surface area contributed by atoms with Gasteiger partial charge in [0.25, 0.3) is 0 Å². The van der Waals surface area contributed by atoms with Crippen LogP contribution in [0.25, 0.3) is 0 Å². The molecule has 0 unspecified atom stereocenters. The van der Waals surface area contributed by atoms with Gasteiger partial charge in [0, 0.05) is 26.7 Å². The second-order valence-electron chi connectivity index (χ2n) is 4.70. The number of ketones is 1. The number of Topliss-reactive ketones (excluding diaryl/α,β-unsaturated/α-hetero) is 1. The number of carbonyl (C=O) groups is 2. The van der Waals surface area contributed by atoms with Crippen molar-refractivity contribution in [2.45, 2.75) is 40.0 Å². The van der Waals surface area contributed by atoms with Crippen molar-refractivity contribution in [1.82, 2.24) is 5.32 Å². The fourth-order valence-electron chi connectivity index (χ4n) is 1.36. The monoisotopic (exact) mass is 275 g/mol. The summed E-state index contributed by atoms with van der Waals surface area (Å²) in [5, 5.41) is 2.76. The third kappa shape index (κ3) is 11.9. The molecule has 0 aromatic heterocycles. The molecule has 0 fully saturated rings. The largest absolute Gasteiger partial charge is 0.379 e. The summed E-state index contributed by atoms with van der Waals surface area (Å²) in [7, 11) is 0. The van der Waals surface area contributed by atoms with Crippen molar-refractivity contribution in [3.63, 3.8) is 0 Å². The van der Waals surface area contributed by atoms with Gasteiger partial charge in [-0.25, -0.2) is 0 Å². The van der Waals surface area contributed by atoms with Crippen molar-refractivity contribution in [2.75, 3.05) is 33.0 Å². The van der Waals surface area contributed by atoms with Crippen molar-refractivity contribution in [3.8, 4) is 0 Å². The number of carbonyl (C=O) groups excluding carboxylic acids is 2. The molecule has 0 aliphatic carbocycles. The number of hydrogen-bond acceptors (Lipinski definition) is 4. The highest BCUT2D eigenvalue weighted by Gasteiger charge is 2.05. The standard InChI is InChI=1S/C14H27NO4.H2/c1-4-5-14(17)15-7-9-19-11-10-18-8-6-13(16)12(2)3;/h12H,4-11H2,1-3H3,(H,15,17);1H. The molecule has 0 aromatic carbocycles. The normalized spacial score (nSPS) is 10.7. The molecule has 0 aliphatic heterocycles. The molecule has 0 atom stereocenters. The molecule has 0 aliphatic rings. The van der Waals surface area contributed by atoms with Crippen molar-refractivity contribution in [2.24, 2.45) is 5.92 Å². The Morgan fingerprint density at radius 1 is 1.05 bits per heavy atom. The van der Waals surface area contributed by atoms with Crippen LogP contribution < -0.4 is 5.32 Å². The van der Waals surface area contributed by atoms with Gasteiger partial charge in [-0.15, -0.1) is 0 Å². The van der Waals surface area contributed by atoms with Gasteiger partial charge in [0.1, 0.15) is 5.78 Å². The highest BCUT2D eigenvalue weighted by atomic mass is 16.5. The van der Waals surface area contributed by atoms with Crippen LogP contribution in [0, 0.1) is 5.92 Å². The molecule has 0 bridgehead atoms. The topological polar surface area (TPSA) is 64.6 Å². The maximum absolute atomic E-state index is 11.3. The van der Waals surface area contributed by atoms with E-state index in [4.69, 9.17) is 9.47 Å². The van der Waals surface area contributed by atoms with Crippen LogP contribution >= 0.6 is 0 Å². The Morgan fingerprint density at radius 3 is 2.26 bits per heavy atom. The summed E-state index contributed by atoms with van der Waals surface area (Å²) in [6.45, 7) is 8.18. The molecule has 0 aromatic rings. The van der Waals surface area contributed by atoms with Crippen LogP contribution in [0.3, 0.4) is 0 Å². The van der Waals surface area contributed by atoms with E-state index in [2.05, 4.69) is 5.32 Å². The van der Waals surface area contributed by atoms with Gasteiger partial charge in [0.2, 0.25) is 5.91 Å². The lowest BCUT2D eigenvalue weighted by Gasteiger charge is -2.07. The van der Waals surface area contributed by atoms with Crippen LogP contribution in [0.5, 0.6) is 0 Å². The predicted octanol–water partition coefficient (Wildman–Crippen LogP) is 1.80. The highest BCUT2D eigenvalue weighted by molar-refractivity contribution is 5.80. The van der Waals surface area contributed by atoms with Crippen LogP contribution in [-0.2, 0) is 19.1 Å². The van der Waals surface area contributed by atoms with Gasteiger partial charge in [-0.2, -0.15) is 0 Å². The van der Waals surface area contributed by atoms with E-state index in [1.807, 2.05) is 20.8 Å². The molecule has 0 spiro atoms. The second-order valence-corrected chi connectivity index (χ2v) is 4.70. The maximum Gasteiger partial charge on any atom is 0.220 e. The fraction of sp³-hybridized carbons (Fsp3) is 0.857. The summed E-state index contributed by atoms with van der Waals surface area (Å²) in [5.74, 6) is 0.362. The van der Waals surface area contributed by atoms with Crippen LogP contribution in [0.1, 0.15) is 41.5 Å². The Hall–Kier alpha value is -0.940. The van der Waals surface area contributed by atoms with Crippen molar-refractivity contribution in [3.05, 3.63) is 0 Å². The van der Waals surface area contributed by atoms with Crippen molar-refractivity contribution in [1.29, 1.82) is 0 Å².